The molecule has 1 spiro atoms. The third-order valence-electron chi connectivity index (χ3n) is 6.33. The summed E-state index contributed by atoms with van der Waals surface area (Å²) in [6.45, 7) is 5.54. The van der Waals surface area contributed by atoms with Gasteiger partial charge < -0.3 is 25.3 Å². The average molecular weight is 361 g/mol. The van der Waals surface area contributed by atoms with Gasteiger partial charge in [0.1, 0.15) is 24.1 Å². The van der Waals surface area contributed by atoms with Crippen LogP contribution in [0.25, 0.3) is 0 Å². The van der Waals surface area contributed by atoms with Crippen molar-refractivity contribution in [1.82, 2.24) is 15.3 Å². The number of carbonyl (C=O) groups is 1. The normalized spacial score (nSPS) is 27.7. The van der Waals surface area contributed by atoms with Gasteiger partial charge in [-0.15, -0.1) is 0 Å². The van der Waals surface area contributed by atoms with Crippen LogP contribution in [0.4, 0.5) is 11.6 Å². The van der Waals surface area contributed by atoms with Crippen molar-refractivity contribution in [1.29, 1.82) is 0 Å². The van der Waals surface area contributed by atoms with Gasteiger partial charge in [-0.2, -0.15) is 0 Å². The molecule has 0 aliphatic carbocycles. The number of aliphatic hydroxyl groups excluding tert-OH is 1. The number of piperidine rings is 2. The molecule has 3 fully saturated rings. The molecule has 1 amide bonds. The Bertz CT molecular complexity index is 677. The minimum absolute atomic E-state index is 0.247. The topological polar surface area (TPSA) is 102 Å². The Balaban J connectivity index is 1.43. The lowest BCUT2D eigenvalue weighted by Gasteiger charge is -2.40. The molecule has 0 saturated carbocycles. The Morgan fingerprint density at radius 2 is 1.62 bits per heavy atom. The van der Waals surface area contributed by atoms with E-state index in [1.165, 1.54) is 0 Å². The predicted octanol–water partition coefficient (Wildman–Crippen LogP) is -0.0949. The van der Waals surface area contributed by atoms with Gasteiger partial charge in [0.25, 0.3) is 0 Å². The molecule has 0 radical (unpaired) electrons. The van der Waals surface area contributed by atoms with E-state index < -0.39 is 11.7 Å². The summed E-state index contributed by atoms with van der Waals surface area (Å²) in [7, 11) is 0. The lowest BCUT2D eigenvalue weighted by molar-refractivity contribution is -0.129. The number of nitrogens with zero attached hydrogens (tertiary/aromatic N) is 4. The maximum atomic E-state index is 11.6. The average Bonchev–Trinajstić information content (AvgIpc) is 2.91. The zero-order valence-electron chi connectivity index (χ0n) is 15.2. The van der Waals surface area contributed by atoms with Crippen LogP contribution in [0.1, 0.15) is 32.6 Å². The maximum absolute atomic E-state index is 11.6. The standard InChI is InChI=1S/C18H27N5O3/c1-17(26)2-6-22(7-3-17)13-10-14(21-12-20-13)23-8-4-18(5-9-23)11-19-16(25)15(18)24/h10,12,15,24,26H,2-9,11H2,1H3,(H,19,25). The molecule has 0 bridgehead atoms. The minimum Gasteiger partial charge on any atom is -0.390 e. The van der Waals surface area contributed by atoms with Crippen molar-refractivity contribution >= 4 is 17.5 Å². The van der Waals surface area contributed by atoms with Crippen molar-refractivity contribution in [3.05, 3.63) is 12.4 Å². The Morgan fingerprint density at radius 1 is 1.08 bits per heavy atom. The molecule has 1 atom stereocenters. The first-order chi connectivity index (χ1) is 12.4. The number of amides is 1. The number of aliphatic hydroxyl groups is 2. The highest BCUT2D eigenvalue weighted by atomic mass is 16.3. The van der Waals surface area contributed by atoms with Crippen LogP contribution in [-0.2, 0) is 4.79 Å². The molecule has 4 heterocycles. The molecular formula is C18H27N5O3. The summed E-state index contributed by atoms with van der Waals surface area (Å²) < 4.78 is 0. The quantitative estimate of drug-likeness (QED) is 0.676. The van der Waals surface area contributed by atoms with Crippen LogP contribution in [0.3, 0.4) is 0 Å². The molecule has 3 saturated heterocycles. The lowest BCUT2D eigenvalue weighted by Crippen LogP contribution is -2.47. The monoisotopic (exact) mass is 361 g/mol. The molecule has 0 aromatic carbocycles. The number of hydrogen-bond donors (Lipinski definition) is 3. The van der Waals surface area contributed by atoms with Crippen LogP contribution < -0.4 is 15.1 Å². The van der Waals surface area contributed by atoms with E-state index in [0.29, 0.717) is 6.54 Å². The highest BCUT2D eigenvalue weighted by Gasteiger charge is 2.49. The third-order valence-corrected chi connectivity index (χ3v) is 6.33. The molecule has 3 aliphatic rings. The van der Waals surface area contributed by atoms with E-state index in [4.69, 9.17) is 0 Å². The van der Waals surface area contributed by atoms with Crippen LogP contribution in [0.2, 0.25) is 0 Å². The summed E-state index contributed by atoms with van der Waals surface area (Å²) in [6, 6.07) is 2.01. The Morgan fingerprint density at radius 3 is 2.12 bits per heavy atom. The number of anilines is 2. The highest BCUT2D eigenvalue weighted by Crippen LogP contribution is 2.39. The largest absolute Gasteiger partial charge is 0.390 e. The van der Waals surface area contributed by atoms with Crippen LogP contribution in [0.5, 0.6) is 0 Å². The molecule has 26 heavy (non-hydrogen) atoms. The second-order valence-electron chi connectivity index (χ2n) is 8.19. The summed E-state index contributed by atoms with van der Waals surface area (Å²) in [5.74, 6) is 1.53. The van der Waals surface area contributed by atoms with Crippen molar-refractivity contribution in [2.24, 2.45) is 5.41 Å². The first kappa shape index (κ1) is 17.5. The summed E-state index contributed by atoms with van der Waals surface area (Å²) in [4.78, 5) is 24.9. The number of nitrogens with one attached hydrogen (secondary N) is 1. The van der Waals surface area contributed by atoms with E-state index in [-0.39, 0.29) is 11.3 Å². The van der Waals surface area contributed by atoms with Crippen molar-refractivity contribution in [2.75, 3.05) is 42.5 Å². The van der Waals surface area contributed by atoms with Gasteiger partial charge in [0, 0.05) is 44.2 Å². The van der Waals surface area contributed by atoms with Crippen molar-refractivity contribution in [2.45, 2.75) is 44.3 Å². The fourth-order valence-corrected chi connectivity index (χ4v) is 4.27. The van der Waals surface area contributed by atoms with Gasteiger partial charge in [-0.25, -0.2) is 9.97 Å². The van der Waals surface area contributed by atoms with E-state index >= 15 is 0 Å². The molecule has 1 unspecified atom stereocenters. The van der Waals surface area contributed by atoms with Crippen LogP contribution in [0.15, 0.2) is 12.4 Å². The number of rotatable bonds is 2. The fourth-order valence-electron chi connectivity index (χ4n) is 4.27. The van der Waals surface area contributed by atoms with Gasteiger partial charge in [-0.3, -0.25) is 4.79 Å². The van der Waals surface area contributed by atoms with E-state index in [1.807, 2.05) is 13.0 Å². The second-order valence-corrected chi connectivity index (χ2v) is 8.19. The van der Waals surface area contributed by atoms with E-state index in [9.17, 15) is 15.0 Å². The lowest BCUT2D eigenvalue weighted by atomic mass is 9.76. The minimum atomic E-state index is -0.897. The van der Waals surface area contributed by atoms with E-state index in [0.717, 1.165) is 63.5 Å². The van der Waals surface area contributed by atoms with Gasteiger partial charge in [0.05, 0.1) is 5.60 Å². The summed E-state index contributed by atoms with van der Waals surface area (Å²) >= 11 is 0. The SMILES string of the molecule is CC1(O)CCN(c2cc(N3CCC4(CC3)CNC(=O)C4O)ncn2)CC1. The van der Waals surface area contributed by atoms with E-state index in [2.05, 4.69) is 25.1 Å². The Labute approximate surface area is 153 Å². The molecule has 3 N–H and O–H groups in total. The molecule has 1 aromatic rings. The fraction of sp³-hybridized carbons (Fsp3) is 0.722. The van der Waals surface area contributed by atoms with Gasteiger partial charge in [0.2, 0.25) is 5.91 Å². The highest BCUT2D eigenvalue weighted by molar-refractivity contribution is 5.84. The molecule has 8 heteroatoms. The molecule has 8 nitrogen and oxygen atoms in total. The van der Waals surface area contributed by atoms with Gasteiger partial charge in [0.15, 0.2) is 0 Å². The van der Waals surface area contributed by atoms with Crippen molar-refractivity contribution in [3.8, 4) is 0 Å². The first-order valence-corrected chi connectivity index (χ1v) is 9.39. The summed E-state index contributed by atoms with van der Waals surface area (Å²) in [6.07, 6.45) is 3.69. The first-order valence-electron chi connectivity index (χ1n) is 9.39. The number of aromatic nitrogens is 2. The Hall–Kier alpha value is -1.93. The van der Waals surface area contributed by atoms with Crippen LogP contribution in [0, 0.1) is 5.41 Å². The number of hydrogen-bond acceptors (Lipinski definition) is 7. The maximum Gasteiger partial charge on any atom is 0.249 e. The molecule has 4 rings (SSSR count). The van der Waals surface area contributed by atoms with Gasteiger partial charge >= 0.3 is 0 Å². The van der Waals surface area contributed by atoms with Gasteiger partial charge in [-0.1, -0.05) is 0 Å². The molecule has 142 valence electrons. The van der Waals surface area contributed by atoms with Gasteiger partial charge in [-0.05, 0) is 32.6 Å². The third kappa shape index (κ3) is 3.12. The second kappa shape index (κ2) is 6.35. The summed E-state index contributed by atoms with van der Waals surface area (Å²) in [5.41, 5.74) is -0.914. The van der Waals surface area contributed by atoms with E-state index in [1.54, 1.807) is 6.33 Å². The summed E-state index contributed by atoms with van der Waals surface area (Å²) in [5, 5.41) is 23.1. The molecule has 1 aromatic heterocycles. The van der Waals surface area contributed by atoms with Crippen LogP contribution >= 0.6 is 0 Å². The molecular weight excluding hydrogens is 334 g/mol. The van der Waals surface area contributed by atoms with Crippen molar-refractivity contribution < 1.29 is 15.0 Å². The van der Waals surface area contributed by atoms with Crippen LogP contribution in [-0.4, -0.2) is 70.5 Å². The van der Waals surface area contributed by atoms with Crippen molar-refractivity contribution in [3.63, 3.8) is 0 Å². The zero-order valence-corrected chi connectivity index (χ0v) is 15.2. The molecule has 3 aliphatic heterocycles. The Kier molecular flexibility index (Phi) is 4.27. The predicted molar refractivity (Wildman–Crippen MR) is 97.0 cm³/mol. The number of carbonyl (C=O) groups excluding carboxylic acids is 1. The zero-order chi connectivity index (χ0) is 18.4. The smallest absolute Gasteiger partial charge is 0.249 e.